The van der Waals surface area contributed by atoms with E-state index in [1.54, 1.807) is 47.9 Å². The number of aryl methyl sites for hydroxylation is 1. The highest BCUT2D eigenvalue weighted by Gasteiger charge is 2.20. The molecule has 0 saturated heterocycles. The number of aromatic nitrogens is 2. The molecule has 1 amide bonds. The highest BCUT2D eigenvalue weighted by atomic mass is 32.1. The molecule has 0 aliphatic rings. The van der Waals surface area contributed by atoms with E-state index in [2.05, 4.69) is 20.6 Å². The van der Waals surface area contributed by atoms with Gasteiger partial charge >= 0.3 is 0 Å². The number of amides is 1. The molecular formula is C24H21N5O3S. The standard InChI is InChI=1S/C24H21N5O3S/c1-15(20-5-3-4-12-25-20)26-21-11-8-18(13-23(21)29(31)32)24(30)28-19-9-6-17(7-10-19)22-14-33-16(2)27-22/h3-15,26H,1-2H3,(H,28,30). The Morgan fingerprint density at radius 3 is 2.55 bits per heavy atom. The first-order valence-electron chi connectivity index (χ1n) is 10.2. The molecule has 0 saturated carbocycles. The second kappa shape index (κ2) is 9.58. The SMILES string of the molecule is Cc1nc(-c2ccc(NC(=O)c3ccc(NC(C)c4ccccn4)c([N+](=O)[O-])c3)cc2)cs1. The van der Waals surface area contributed by atoms with Crippen molar-refractivity contribution in [2.75, 3.05) is 10.6 Å². The van der Waals surface area contributed by atoms with Gasteiger partial charge in [0.05, 0.1) is 27.4 Å². The van der Waals surface area contributed by atoms with Crippen molar-refractivity contribution in [2.24, 2.45) is 0 Å². The van der Waals surface area contributed by atoms with E-state index in [0.717, 1.165) is 22.0 Å². The number of benzene rings is 2. The molecular weight excluding hydrogens is 438 g/mol. The molecule has 0 bridgehead atoms. The first-order valence-corrected chi connectivity index (χ1v) is 11.1. The molecule has 0 aliphatic carbocycles. The van der Waals surface area contributed by atoms with E-state index in [9.17, 15) is 14.9 Å². The Hall–Kier alpha value is -4.11. The van der Waals surface area contributed by atoms with Crippen LogP contribution in [-0.2, 0) is 0 Å². The number of nitrogens with zero attached hydrogens (tertiary/aromatic N) is 3. The lowest BCUT2D eigenvalue weighted by atomic mass is 10.1. The van der Waals surface area contributed by atoms with E-state index in [0.29, 0.717) is 11.4 Å². The first-order chi connectivity index (χ1) is 15.9. The predicted molar refractivity (Wildman–Crippen MR) is 130 cm³/mol. The minimum absolute atomic E-state index is 0.181. The van der Waals surface area contributed by atoms with Crippen molar-refractivity contribution < 1.29 is 9.72 Å². The van der Waals surface area contributed by atoms with Crippen molar-refractivity contribution in [3.05, 3.63) is 98.6 Å². The summed E-state index contributed by atoms with van der Waals surface area (Å²) in [6, 6.07) is 16.9. The van der Waals surface area contributed by atoms with Crippen molar-refractivity contribution in [3.63, 3.8) is 0 Å². The van der Waals surface area contributed by atoms with E-state index >= 15 is 0 Å². The van der Waals surface area contributed by atoms with Gasteiger partial charge in [-0.1, -0.05) is 18.2 Å². The summed E-state index contributed by atoms with van der Waals surface area (Å²) in [5, 5.41) is 20.5. The molecule has 8 nitrogen and oxygen atoms in total. The summed E-state index contributed by atoms with van der Waals surface area (Å²) in [4.78, 5) is 32.6. The van der Waals surface area contributed by atoms with Gasteiger partial charge in [-0.3, -0.25) is 19.9 Å². The van der Waals surface area contributed by atoms with Crippen LogP contribution in [0.4, 0.5) is 17.1 Å². The smallest absolute Gasteiger partial charge is 0.293 e. The molecule has 4 rings (SSSR count). The highest BCUT2D eigenvalue weighted by Crippen LogP contribution is 2.29. The van der Waals surface area contributed by atoms with Gasteiger partial charge < -0.3 is 10.6 Å². The Kier molecular flexibility index (Phi) is 6.41. The molecule has 0 aliphatic heterocycles. The van der Waals surface area contributed by atoms with Crippen LogP contribution in [0.2, 0.25) is 0 Å². The van der Waals surface area contributed by atoms with Crippen LogP contribution >= 0.6 is 11.3 Å². The molecule has 1 unspecified atom stereocenters. The Balaban J connectivity index is 1.49. The number of nitro groups is 1. The molecule has 2 aromatic carbocycles. The third-order valence-corrected chi connectivity index (χ3v) is 5.79. The average molecular weight is 460 g/mol. The lowest BCUT2D eigenvalue weighted by molar-refractivity contribution is -0.384. The Morgan fingerprint density at radius 2 is 1.91 bits per heavy atom. The molecule has 2 heterocycles. The molecule has 2 N–H and O–H groups in total. The maximum Gasteiger partial charge on any atom is 0.293 e. The Morgan fingerprint density at radius 1 is 1.12 bits per heavy atom. The number of thiazole rings is 1. The molecule has 166 valence electrons. The van der Waals surface area contributed by atoms with Crippen molar-refractivity contribution in [3.8, 4) is 11.3 Å². The van der Waals surface area contributed by atoms with Gasteiger partial charge in [0.25, 0.3) is 11.6 Å². The molecule has 0 radical (unpaired) electrons. The van der Waals surface area contributed by atoms with Gasteiger partial charge in [0.2, 0.25) is 0 Å². The largest absolute Gasteiger partial charge is 0.371 e. The summed E-state index contributed by atoms with van der Waals surface area (Å²) >= 11 is 1.57. The Labute approximate surface area is 194 Å². The van der Waals surface area contributed by atoms with E-state index in [-0.39, 0.29) is 17.3 Å². The number of hydrogen-bond acceptors (Lipinski definition) is 7. The quantitative estimate of drug-likeness (QED) is 0.265. The summed E-state index contributed by atoms with van der Waals surface area (Å²) in [6.45, 7) is 3.81. The molecule has 0 spiro atoms. The summed E-state index contributed by atoms with van der Waals surface area (Å²) in [5.41, 5.74) is 3.50. The zero-order chi connectivity index (χ0) is 23.4. The molecule has 1 atom stereocenters. The maximum absolute atomic E-state index is 12.7. The van der Waals surface area contributed by atoms with Crippen LogP contribution in [0.1, 0.15) is 34.0 Å². The van der Waals surface area contributed by atoms with E-state index < -0.39 is 10.8 Å². The second-order valence-electron chi connectivity index (χ2n) is 7.39. The van der Waals surface area contributed by atoms with Crippen LogP contribution in [0, 0.1) is 17.0 Å². The van der Waals surface area contributed by atoms with Gasteiger partial charge in [-0.05, 0) is 50.2 Å². The van der Waals surface area contributed by atoms with Gasteiger partial charge in [-0.25, -0.2) is 4.98 Å². The van der Waals surface area contributed by atoms with Crippen molar-refractivity contribution in [2.45, 2.75) is 19.9 Å². The van der Waals surface area contributed by atoms with Gasteiger partial charge in [-0.15, -0.1) is 11.3 Å². The minimum Gasteiger partial charge on any atom is -0.371 e. The third kappa shape index (κ3) is 5.21. The zero-order valence-corrected chi connectivity index (χ0v) is 18.8. The summed E-state index contributed by atoms with van der Waals surface area (Å²) < 4.78 is 0. The average Bonchev–Trinajstić information content (AvgIpc) is 3.26. The molecule has 9 heteroatoms. The predicted octanol–water partition coefficient (Wildman–Crippen LogP) is 5.85. The number of nitro benzene ring substituents is 1. The number of pyridine rings is 1. The van der Waals surface area contributed by atoms with Crippen LogP contribution in [0.15, 0.2) is 72.2 Å². The minimum atomic E-state index is -0.505. The van der Waals surface area contributed by atoms with Crippen molar-refractivity contribution in [1.82, 2.24) is 9.97 Å². The summed E-state index contributed by atoms with van der Waals surface area (Å²) in [6.07, 6.45) is 1.67. The number of nitrogens with one attached hydrogen (secondary N) is 2. The normalized spacial score (nSPS) is 11.6. The third-order valence-electron chi connectivity index (χ3n) is 5.02. The van der Waals surface area contributed by atoms with Gasteiger partial charge in [0.15, 0.2) is 0 Å². The highest BCUT2D eigenvalue weighted by molar-refractivity contribution is 7.09. The lowest BCUT2D eigenvalue weighted by Crippen LogP contribution is -2.14. The topological polar surface area (TPSA) is 110 Å². The van der Waals surface area contributed by atoms with Crippen molar-refractivity contribution >= 4 is 34.3 Å². The molecule has 4 aromatic rings. The zero-order valence-electron chi connectivity index (χ0n) is 18.0. The van der Waals surface area contributed by atoms with Crippen LogP contribution in [-0.4, -0.2) is 20.8 Å². The molecule has 2 aromatic heterocycles. The van der Waals surface area contributed by atoms with Gasteiger partial charge in [0, 0.05) is 34.5 Å². The van der Waals surface area contributed by atoms with Gasteiger partial charge in [0.1, 0.15) is 5.69 Å². The fourth-order valence-electron chi connectivity index (χ4n) is 3.31. The Bertz CT molecular complexity index is 1290. The fourth-order valence-corrected chi connectivity index (χ4v) is 3.93. The number of carbonyl (C=O) groups is 1. The van der Waals surface area contributed by atoms with E-state index in [1.165, 1.54) is 6.07 Å². The number of hydrogen-bond donors (Lipinski definition) is 2. The molecule has 33 heavy (non-hydrogen) atoms. The summed E-state index contributed by atoms with van der Waals surface area (Å²) in [7, 11) is 0. The van der Waals surface area contributed by atoms with Crippen LogP contribution in [0.5, 0.6) is 0 Å². The second-order valence-corrected chi connectivity index (χ2v) is 8.46. The van der Waals surface area contributed by atoms with E-state index in [4.69, 9.17) is 0 Å². The van der Waals surface area contributed by atoms with Crippen LogP contribution < -0.4 is 10.6 Å². The number of anilines is 2. The monoisotopic (exact) mass is 459 g/mol. The summed E-state index contributed by atoms with van der Waals surface area (Å²) in [5.74, 6) is -0.431. The van der Waals surface area contributed by atoms with Crippen LogP contribution in [0.3, 0.4) is 0 Å². The van der Waals surface area contributed by atoms with Crippen LogP contribution in [0.25, 0.3) is 11.3 Å². The van der Waals surface area contributed by atoms with Crippen molar-refractivity contribution in [1.29, 1.82) is 0 Å². The van der Waals surface area contributed by atoms with E-state index in [1.807, 2.05) is 43.5 Å². The lowest BCUT2D eigenvalue weighted by Gasteiger charge is -2.15. The molecule has 0 fully saturated rings. The number of rotatable bonds is 7. The first kappa shape index (κ1) is 22.1. The van der Waals surface area contributed by atoms with Gasteiger partial charge in [-0.2, -0.15) is 0 Å². The fraction of sp³-hybridized carbons (Fsp3) is 0.125. The number of carbonyl (C=O) groups excluding carboxylic acids is 1. The maximum atomic E-state index is 12.7.